The van der Waals surface area contributed by atoms with Crippen LogP contribution in [0.25, 0.3) is 0 Å². The van der Waals surface area contributed by atoms with Crippen LogP contribution in [-0.4, -0.2) is 66.4 Å². The molecule has 1 heterocycles. The quantitative estimate of drug-likeness (QED) is 0.835. The smallest absolute Gasteiger partial charge is 0.127 e. The maximum absolute atomic E-state index is 13.9. The van der Waals surface area contributed by atoms with Gasteiger partial charge in [-0.15, -0.1) is 0 Å². The van der Waals surface area contributed by atoms with Crippen molar-refractivity contribution < 1.29 is 14.2 Å². The van der Waals surface area contributed by atoms with E-state index in [9.17, 15) is 9.50 Å². The van der Waals surface area contributed by atoms with Crippen LogP contribution in [0.5, 0.6) is 0 Å². The van der Waals surface area contributed by atoms with Crippen LogP contribution < -0.4 is 0 Å². The number of hydrogen-bond donors (Lipinski definition) is 1. The number of β-amino-alcohol motifs (C(OH)–C–C–N with tert-alkyl or cyclic N) is 1. The first-order valence-electron chi connectivity index (χ1n) is 8.48. The Bertz CT molecular complexity index is 476. The zero-order valence-electron chi connectivity index (χ0n) is 14.4. The SMILES string of the molecule is CC(C)OC[C@H](O)CN1CCN([C@H](C)c2ccccc2F)CC1. The molecule has 1 fully saturated rings. The van der Waals surface area contributed by atoms with Crippen LogP contribution in [0.15, 0.2) is 24.3 Å². The molecule has 1 aromatic carbocycles. The van der Waals surface area contributed by atoms with Gasteiger partial charge in [0.1, 0.15) is 5.82 Å². The summed E-state index contributed by atoms with van der Waals surface area (Å²) < 4.78 is 19.4. The van der Waals surface area contributed by atoms with Crippen molar-refractivity contribution in [1.82, 2.24) is 9.80 Å². The first kappa shape index (κ1) is 18.3. The van der Waals surface area contributed by atoms with Crippen LogP contribution in [0.4, 0.5) is 4.39 Å². The molecular formula is C18H29FN2O2. The lowest BCUT2D eigenvalue weighted by Gasteiger charge is -2.38. The summed E-state index contributed by atoms with van der Waals surface area (Å²) in [7, 11) is 0. The lowest BCUT2D eigenvalue weighted by molar-refractivity contribution is -0.0164. The Kier molecular flexibility index (Phi) is 6.96. The lowest BCUT2D eigenvalue weighted by Crippen LogP contribution is -2.49. The predicted octanol–water partition coefficient (Wildman–Crippen LogP) is 2.29. The van der Waals surface area contributed by atoms with Gasteiger partial charge in [0.15, 0.2) is 0 Å². The van der Waals surface area contributed by atoms with Crippen LogP contribution in [0, 0.1) is 5.82 Å². The molecule has 23 heavy (non-hydrogen) atoms. The molecule has 0 amide bonds. The minimum Gasteiger partial charge on any atom is -0.389 e. The molecule has 2 rings (SSSR count). The van der Waals surface area contributed by atoms with Crippen LogP contribution in [0.2, 0.25) is 0 Å². The topological polar surface area (TPSA) is 35.9 Å². The van der Waals surface area contributed by atoms with E-state index in [1.807, 2.05) is 26.0 Å². The summed E-state index contributed by atoms with van der Waals surface area (Å²) in [4.78, 5) is 4.55. The van der Waals surface area contributed by atoms with Crippen molar-refractivity contribution in [2.75, 3.05) is 39.3 Å². The van der Waals surface area contributed by atoms with Gasteiger partial charge in [0, 0.05) is 44.3 Å². The largest absolute Gasteiger partial charge is 0.389 e. The minimum absolute atomic E-state index is 0.0764. The standard InChI is InChI=1S/C18H29FN2O2/c1-14(2)23-13-16(22)12-20-8-10-21(11-9-20)15(3)17-6-4-5-7-18(17)19/h4-7,14-16,22H,8-13H2,1-3H3/t15-,16-/m1/s1. The van der Waals surface area contributed by atoms with Gasteiger partial charge in [-0.2, -0.15) is 0 Å². The van der Waals surface area contributed by atoms with Crippen LogP contribution in [0.3, 0.4) is 0 Å². The maximum Gasteiger partial charge on any atom is 0.127 e. The molecule has 0 radical (unpaired) electrons. The number of nitrogens with zero attached hydrogens (tertiary/aromatic N) is 2. The number of ether oxygens (including phenoxy) is 1. The Hall–Kier alpha value is -1.01. The van der Waals surface area contributed by atoms with E-state index in [1.54, 1.807) is 6.07 Å². The van der Waals surface area contributed by atoms with Crippen LogP contribution in [0.1, 0.15) is 32.4 Å². The Morgan fingerprint density at radius 3 is 2.39 bits per heavy atom. The normalized spacial score (nSPS) is 19.9. The highest BCUT2D eigenvalue weighted by Crippen LogP contribution is 2.23. The molecular weight excluding hydrogens is 295 g/mol. The number of hydrogen-bond acceptors (Lipinski definition) is 4. The fourth-order valence-electron chi connectivity index (χ4n) is 3.00. The van der Waals surface area contributed by atoms with E-state index < -0.39 is 6.10 Å². The van der Waals surface area contributed by atoms with Gasteiger partial charge in [-0.05, 0) is 26.8 Å². The van der Waals surface area contributed by atoms with Gasteiger partial charge in [-0.3, -0.25) is 9.80 Å². The van der Waals surface area contributed by atoms with Gasteiger partial charge in [-0.1, -0.05) is 18.2 Å². The third-order valence-corrected chi connectivity index (χ3v) is 4.40. The zero-order chi connectivity index (χ0) is 16.8. The van der Waals surface area contributed by atoms with Crippen molar-refractivity contribution in [3.63, 3.8) is 0 Å². The van der Waals surface area contributed by atoms with Gasteiger partial charge >= 0.3 is 0 Å². The van der Waals surface area contributed by atoms with Crippen molar-refractivity contribution in [2.24, 2.45) is 0 Å². The van der Waals surface area contributed by atoms with E-state index in [0.717, 1.165) is 31.7 Å². The van der Waals surface area contributed by atoms with Crippen LogP contribution in [-0.2, 0) is 4.74 Å². The summed E-state index contributed by atoms with van der Waals surface area (Å²) in [5.41, 5.74) is 0.756. The molecule has 130 valence electrons. The van der Waals surface area contributed by atoms with Gasteiger partial charge < -0.3 is 9.84 Å². The summed E-state index contributed by atoms with van der Waals surface area (Å²) in [5, 5.41) is 10.0. The summed E-state index contributed by atoms with van der Waals surface area (Å²) in [6.45, 7) is 10.5. The molecule has 1 N–H and O–H groups in total. The summed E-state index contributed by atoms with van der Waals surface area (Å²) in [6.07, 6.45) is -0.309. The van der Waals surface area contributed by atoms with Gasteiger partial charge in [0.25, 0.3) is 0 Å². The van der Waals surface area contributed by atoms with E-state index in [0.29, 0.717) is 13.2 Å². The monoisotopic (exact) mass is 324 g/mol. The molecule has 1 saturated heterocycles. The number of halogens is 1. The second kappa shape index (κ2) is 8.73. The second-order valence-corrected chi connectivity index (χ2v) is 6.57. The zero-order valence-corrected chi connectivity index (χ0v) is 14.4. The number of aliphatic hydroxyl groups excluding tert-OH is 1. The van der Waals surface area contributed by atoms with Gasteiger partial charge in [0.05, 0.1) is 18.8 Å². The maximum atomic E-state index is 13.9. The summed E-state index contributed by atoms with van der Waals surface area (Å²) >= 11 is 0. The fourth-order valence-corrected chi connectivity index (χ4v) is 3.00. The third-order valence-electron chi connectivity index (χ3n) is 4.40. The Balaban J connectivity index is 1.78. The molecule has 0 saturated carbocycles. The second-order valence-electron chi connectivity index (χ2n) is 6.57. The molecule has 1 aliphatic rings. The Morgan fingerprint density at radius 1 is 1.13 bits per heavy atom. The Morgan fingerprint density at radius 2 is 1.78 bits per heavy atom. The van der Waals surface area contributed by atoms with Crippen molar-refractivity contribution in [2.45, 2.75) is 39.0 Å². The van der Waals surface area contributed by atoms with E-state index in [-0.39, 0.29) is 18.0 Å². The number of aliphatic hydroxyl groups is 1. The highest BCUT2D eigenvalue weighted by molar-refractivity contribution is 5.20. The fraction of sp³-hybridized carbons (Fsp3) is 0.667. The van der Waals surface area contributed by atoms with Crippen molar-refractivity contribution in [3.05, 3.63) is 35.6 Å². The van der Waals surface area contributed by atoms with Crippen molar-refractivity contribution in [3.8, 4) is 0 Å². The minimum atomic E-state index is -0.451. The first-order valence-corrected chi connectivity index (χ1v) is 8.48. The number of rotatable bonds is 7. The molecule has 1 aliphatic heterocycles. The van der Waals surface area contributed by atoms with E-state index in [2.05, 4.69) is 16.7 Å². The average Bonchev–Trinajstić information content (AvgIpc) is 2.53. The highest BCUT2D eigenvalue weighted by Gasteiger charge is 2.24. The molecule has 5 heteroatoms. The van der Waals surface area contributed by atoms with E-state index in [1.165, 1.54) is 6.07 Å². The molecule has 0 bridgehead atoms. The predicted molar refractivity (Wildman–Crippen MR) is 89.9 cm³/mol. The number of benzene rings is 1. The third kappa shape index (κ3) is 5.53. The molecule has 2 atom stereocenters. The van der Waals surface area contributed by atoms with Crippen LogP contribution >= 0.6 is 0 Å². The molecule has 0 aliphatic carbocycles. The van der Waals surface area contributed by atoms with Gasteiger partial charge in [0.2, 0.25) is 0 Å². The Labute approximate surface area is 138 Å². The molecule has 0 aromatic heterocycles. The van der Waals surface area contributed by atoms with E-state index in [4.69, 9.17) is 4.74 Å². The average molecular weight is 324 g/mol. The molecule has 1 aromatic rings. The first-order chi connectivity index (χ1) is 11.0. The van der Waals surface area contributed by atoms with Crippen molar-refractivity contribution >= 4 is 0 Å². The van der Waals surface area contributed by atoms with Gasteiger partial charge in [-0.25, -0.2) is 4.39 Å². The molecule has 0 unspecified atom stereocenters. The molecule has 0 spiro atoms. The number of piperazine rings is 1. The van der Waals surface area contributed by atoms with E-state index >= 15 is 0 Å². The molecule has 4 nitrogen and oxygen atoms in total. The lowest BCUT2D eigenvalue weighted by atomic mass is 10.1. The highest BCUT2D eigenvalue weighted by atomic mass is 19.1. The van der Waals surface area contributed by atoms with Crippen molar-refractivity contribution in [1.29, 1.82) is 0 Å². The summed E-state index contributed by atoms with van der Waals surface area (Å²) in [6, 6.07) is 7.07. The summed E-state index contributed by atoms with van der Waals surface area (Å²) in [5.74, 6) is -0.135.